The van der Waals surface area contributed by atoms with Gasteiger partial charge >= 0.3 is 0 Å². The van der Waals surface area contributed by atoms with Gasteiger partial charge in [0.2, 0.25) is 0 Å². The number of hydrogen-bond acceptors (Lipinski definition) is 5. The van der Waals surface area contributed by atoms with Crippen LogP contribution >= 0.6 is 23.2 Å². The van der Waals surface area contributed by atoms with Crippen molar-refractivity contribution in [2.45, 2.75) is 19.8 Å². The van der Waals surface area contributed by atoms with Gasteiger partial charge in [-0.2, -0.15) is 0 Å². The Morgan fingerprint density at radius 3 is 2.36 bits per heavy atom. The molecule has 2 aliphatic heterocycles. The van der Waals surface area contributed by atoms with E-state index >= 15 is 0 Å². The molecule has 0 aromatic carbocycles. The van der Waals surface area contributed by atoms with Crippen LogP contribution in [-0.2, 0) is 0 Å². The van der Waals surface area contributed by atoms with Crippen molar-refractivity contribution in [3.8, 4) is 0 Å². The Morgan fingerprint density at radius 1 is 1.00 bits per heavy atom. The number of rotatable bonds is 2. The summed E-state index contributed by atoms with van der Waals surface area (Å²) in [5, 5.41) is 0.497. The van der Waals surface area contributed by atoms with Crippen LogP contribution in [0.1, 0.15) is 39.3 Å². The molecule has 2 aliphatic rings. The molecule has 2 amide bonds. The monoisotopic (exact) mass is 419 g/mol. The average molecular weight is 420 g/mol. The van der Waals surface area contributed by atoms with Gasteiger partial charge < -0.3 is 9.80 Å². The average Bonchev–Trinajstić information content (AvgIpc) is 2.65. The summed E-state index contributed by atoms with van der Waals surface area (Å²) in [5.41, 5.74) is 1.40. The van der Waals surface area contributed by atoms with E-state index in [-0.39, 0.29) is 32.8 Å². The third kappa shape index (κ3) is 3.33. The van der Waals surface area contributed by atoms with Crippen molar-refractivity contribution in [1.82, 2.24) is 24.8 Å². The molecule has 0 aliphatic carbocycles. The van der Waals surface area contributed by atoms with E-state index in [9.17, 15) is 9.59 Å². The first-order valence-corrected chi connectivity index (χ1v) is 9.80. The summed E-state index contributed by atoms with van der Waals surface area (Å²) in [7, 11) is 0. The molecule has 0 N–H and O–H groups in total. The highest BCUT2D eigenvalue weighted by molar-refractivity contribution is 6.39. The Bertz CT molecular complexity index is 925. The molecule has 0 bridgehead atoms. The van der Waals surface area contributed by atoms with Crippen LogP contribution < -0.4 is 0 Å². The lowest BCUT2D eigenvalue weighted by Crippen LogP contribution is -2.64. The van der Waals surface area contributed by atoms with Crippen molar-refractivity contribution in [3.05, 3.63) is 51.8 Å². The number of piperidine rings is 1. The van der Waals surface area contributed by atoms with E-state index in [2.05, 4.69) is 15.0 Å². The van der Waals surface area contributed by atoms with E-state index in [0.717, 1.165) is 12.8 Å². The fraction of sp³-hybridized carbons (Fsp3) is 0.421. The van der Waals surface area contributed by atoms with Gasteiger partial charge in [0.15, 0.2) is 0 Å². The van der Waals surface area contributed by atoms with Crippen LogP contribution in [0.3, 0.4) is 0 Å². The first kappa shape index (κ1) is 19.1. The molecule has 2 aromatic rings. The molecule has 28 heavy (non-hydrogen) atoms. The van der Waals surface area contributed by atoms with Crippen LogP contribution in [0.5, 0.6) is 0 Å². The van der Waals surface area contributed by atoms with Gasteiger partial charge in [0, 0.05) is 50.2 Å². The molecular formula is C19H19Cl2N5O2. The number of aryl methyl sites for hydroxylation is 1. The Kier molecular flexibility index (Phi) is 4.97. The number of halogens is 2. The first-order chi connectivity index (χ1) is 13.4. The number of carbonyl (C=O) groups excluding carboxylic acids is 2. The summed E-state index contributed by atoms with van der Waals surface area (Å²) in [4.78, 5) is 41.3. The largest absolute Gasteiger partial charge is 0.338 e. The van der Waals surface area contributed by atoms with Crippen molar-refractivity contribution < 1.29 is 9.59 Å². The van der Waals surface area contributed by atoms with E-state index in [1.807, 2.05) is 4.90 Å². The molecule has 2 saturated heterocycles. The van der Waals surface area contributed by atoms with Gasteiger partial charge in [-0.25, -0.2) is 9.97 Å². The van der Waals surface area contributed by atoms with Crippen molar-refractivity contribution in [1.29, 1.82) is 0 Å². The Balaban J connectivity index is 1.46. The van der Waals surface area contributed by atoms with E-state index in [1.165, 1.54) is 18.7 Å². The van der Waals surface area contributed by atoms with Gasteiger partial charge in [-0.1, -0.05) is 23.2 Å². The molecule has 0 atom stereocenters. The molecule has 2 aromatic heterocycles. The van der Waals surface area contributed by atoms with Crippen molar-refractivity contribution in [2.75, 3.05) is 26.2 Å². The number of pyridine rings is 1. The Hall–Kier alpha value is -2.25. The minimum absolute atomic E-state index is 0.0535. The normalized spacial score (nSPS) is 18.1. The summed E-state index contributed by atoms with van der Waals surface area (Å²) in [5.74, 6) is -0.249. The molecule has 4 rings (SSSR count). The molecule has 146 valence electrons. The molecule has 9 heteroatoms. The van der Waals surface area contributed by atoms with Crippen LogP contribution in [0, 0.1) is 12.3 Å². The fourth-order valence-corrected chi connectivity index (χ4v) is 4.62. The number of hydrogen-bond donors (Lipinski definition) is 0. The molecule has 2 fully saturated rings. The predicted octanol–water partition coefficient (Wildman–Crippen LogP) is 2.87. The summed E-state index contributed by atoms with van der Waals surface area (Å²) >= 11 is 12.2. The summed E-state index contributed by atoms with van der Waals surface area (Å²) < 4.78 is 0. The van der Waals surface area contributed by atoms with Gasteiger partial charge in [-0.3, -0.25) is 14.6 Å². The zero-order valence-corrected chi connectivity index (χ0v) is 16.9. The first-order valence-electron chi connectivity index (χ1n) is 9.04. The molecular weight excluding hydrogens is 401 g/mol. The topological polar surface area (TPSA) is 79.3 Å². The lowest BCUT2D eigenvalue weighted by molar-refractivity contribution is -0.0338. The maximum Gasteiger partial charge on any atom is 0.257 e. The highest BCUT2D eigenvalue weighted by Crippen LogP contribution is 2.41. The number of amides is 2. The molecule has 0 saturated carbocycles. The second-order valence-electron chi connectivity index (χ2n) is 7.49. The standard InChI is InChI=1S/C19H19Cl2N5O2/c1-12-13(5-23-11-24-12)17(27)25-4-2-3-19(8-25)9-26(10-19)18(28)16-14(20)6-22-7-15(16)21/h5-7,11H,2-4,8-10H2,1H3. The van der Waals surface area contributed by atoms with Crippen LogP contribution in [0.2, 0.25) is 10.0 Å². The summed E-state index contributed by atoms with van der Waals surface area (Å²) in [6, 6.07) is 0. The van der Waals surface area contributed by atoms with Crippen LogP contribution in [0.4, 0.5) is 0 Å². The van der Waals surface area contributed by atoms with Crippen molar-refractivity contribution in [3.63, 3.8) is 0 Å². The second-order valence-corrected chi connectivity index (χ2v) is 8.31. The minimum atomic E-state index is -0.196. The highest BCUT2D eigenvalue weighted by Gasteiger charge is 2.49. The van der Waals surface area contributed by atoms with Gasteiger partial charge in [0.05, 0.1) is 26.9 Å². The number of nitrogens with zero attached hydrogens (tertiary/aromatic N) is 5. The molecule has 0 unspecified atom stereocenters. The SMILES string of the molecule is Cc1ncncc1C(=O)N1CCCC2(C1)CN(C(=O)c1c(Cl)cncc1Cl)C2. The lowest BCUT2D eigenvalue weighted by atomic mass is 9.73. The third-order valence-electron chi connectivity index (χ3n) is 5.50. The molecule has 1 spiro atoms. The predicted molar refractivity (Wildman–Crippen MR) is 105 cm³/mol. The maximum atomic E-state index is 12.9. The van der Waals surface area contributed by atoms with Crippen LogP contribution in [0.15, 0.2) is 24.9 Å². The number of likely N-dealkylation sites (tertiary alicyclic amines) is 2. The zero-order chi connectivity index (χ0) is 19.9. The maximum absolute atomic E-state index is 12.9. The molecule has 4 heterocycles. The summed E-state index contributed by atoms with van der Waals surface area (Å²) in [6.07, 6.45) is 7.72. The number of aromatic nitrogens is 3. The summed E-state index contributed by atoms with van der Waals surface area (Å²) in [6.45, 7) is 4.27. The quantitative estimate of drug-likeness (QED) is 0.747. The molecule has 0 radical (unpaired) electrons. The van der Waals surface area contributed by atoms with Gasteiger partial charge in [0.25, 0.3) is 11.8 Å². The third-order valence-corrected chi connectivity index (χ3v) is 6.07. The Morgan fingerprint density at radius 2 is 1.68 bits per heavy atom. The number of carbonyl (C=O) groups is 2. The van der Waals surface area contributed by atoms with Crippen molar-refractivity contribution >= 4 is 35.0 Å². The van der Waals surface area contributed by atoms with Gasteiger partial charge in [-0.15, -0.1) is 0 Å². The fourth-order valence-electron chi connectivity index (χ4n) is 4.09. The smallest absolute Gasteiger partial charge is 0.257 e. The molecule has 7 nitrogen and oxygen atoms in total. The lowest BCUT2D eigenvalue weighted by Gasteiger charge is -2.54. The van der Waals surface area contributed by atoms with E-state index < -0.39 is 0 Å². The minimum Gasteiger partial charge on any atom is -0.338 e. The van der Waals surface area contributed by atoms with E-state index in [1.54, 1.807) is 18.0 Å². The van der Waals surface area contributed by atoms with Gasteiger partial charge in [0.1, 0.15) is 6.33 Å². The van der Waals surface area contributed by atoms with E-state index in [4.69, 9.17) is 23.2 Å². The second kappa shape index (κ2) is 7.29. The highest BCUT2D eigenvalue weighted by atomic mass is 35.5. The van der Waals surface area contributed by atoms with Crippen LogP contribution in [0.25, 0.3) is 0 Å². The zero-order valence-electron chi connectivity index (χ0n) is 15.4. The van der Waals surface area contributed by atoms with Crippen LogP contribution in [-0.4, -0.2) is 62.7 Å². The van der Waals surface area contributed by atoms with E-state index in [0.29, 0.717) is 37.4 Å². The van der Waals surface area contributed by atoms with Gasteiger partial charge in [-0.05, 0) is 19.8 Å². The Labute approximate surface area is 172 Å². The van der Waals surface area contributed by atoms with Crippen molar-refractivity contribution in [2.24, 2.45) is 5.41 Å².